The zero-order valence-electron chi connectivity index (χ0n) is 10.5. The molecule has 0 bridgehead atoms. The molecule has 1 amide bonds. The van der Waals surface area contributed by atoms with Crippen LogP contribution in [0.2, 0.25) is 0 Å². The number of rotatable bonds is 2. The van der Waals surface area contributed by atoms with Gasteiger partial charge in [-0.1, -0.05) is 6.07 Å². The molecule has 2 rings (SSSR count). The molecule has 1 aromatic carbocycles. The van der Waals surface area contributed by atoms with Crippen molar-refractivity contribution in [3.63, 3.8) is 0 Å². The smallest absolute Gasteiger partial charge is 0.311 e. The molecule has 96 valence electrons. The number of benzene rings is 1. The molecule has 2 N–H and O–H groups in total. The molecule has 0 saturated carbocycles. The Morgan fingerprint density at radius 2 is 2.22 bits per heavy atom. The van der Waals surface area contributed by atoms with Crippen molar-refractivity contribution in [2.24, 2.45) is 5.92 Å². The molecule has 0 spiro atoms. The van der Waals surface area contributed by atoms with Crippen LogP contribution in [0.25, 0.3) is 0 Å². The number of aryl methyl sites for hydroxylation is 1. The van der Waals surface area contributed by atoms with E-state index in [0.717, 1.165) is 11.3 Å². The van der Waals surface area contributed by atoms with Crippen molar-refractivity contribution in [3.05, 3.63) is 23.8 Å². The molecule has 0 aliphatic carbocycles. The van der Waals surface area contributed by atoms with Crippen LogP contribution in [-0.4, -0.2) is 25.5 Å². The van der Waals surface area contributed by atoms with Crippen molar-refractivity contribution in [2.45, 2.75) is 13.3 Å². The van der Waals surface area contributed by atoms with Gasteiger partial charge in [0, 0.05) is 24.3 Å². The third-order valence-corrected chi connectivity index (χ3v) is 3.18. The third kappa shape index (κ3) is 2.16. The number of nitrogens with two attached hydrogens (primary N) is 1. The standard InChI is InChI=1S/C13H16N2O3/c1-8-3-4-10(14)6-11(8)15-7-9(5-12(15)16)13(17)18-2/h3-4,6,9H,5,7,14H2,1-2H3. The highest BCUT2D eigenvalue weighted by molar-refractivity contribution is 6.00. The molecule has 0 aromatic heterocycles. The van der Waals surface area contributed by atoms with Gasteiger partial charge in [0.1, 0.15) is 0 Å². The van der Waals surface area contributed by atoms with Crippen molar-refractivity contribution in [3.8, 4) is 0 Å². The van der Waals surface area contributed by atoms with Crippen molar-refractivity contribution >= 4 is 23.3 Å². The fourth-order valence-corrected chi connectivity index (χ4v) is 2.18. The number of esters is 1. The fourth-order valence-electron chi connectivity index (χ4n) is 2.18. The van der Waals surface area contributed by atoms with Crippen molar-refractivity contribution in [2.75, 3.05) is 24.3 Å². The molecular formula is C13H16N2O3. The molecule has 1 atom stereocenters. The van der Waals surface area contributed by atoms with Crippen molar-refractivity contribution in [1.29, 1.82) is 0 Å². The molecule has 1 unspecified atom stereocenters. The van der Waals surface area contributed by atoms with Crippen LogP contribution in [0.3, 0.4) is 0 Å². The van der Waals surface area contributed by atoms with Gasteiger partial charge in [0.25, 0.3) is 0 Å². The zero-order chi connectivity index (χ0) is 13.3. The summed E-state index contributed by atoms with van der Waals surface area (Å²) >= 11 is 0. The van der Waals surface area contributed by atoms with E-state index in [1.54, 1.807) is 17.0 Å². The lowest BCUT2D eigenvalue weighted by Gasteiger charge is -2.19. The van der Waals surface area contributed by atoms with Crippen LogP contribution in [0.15, 0.2) is 18.2 Å². The number of hydrogen-bond acceptors (Lipinski definition) is 4. The molecule has 1 heterocycles. The maximum Gasteiger partial charge on any atom is 0.311 e. The highest BCUT2D eigenvalue weighted by Crippen LogP contribution is 2.29. The molecular weight excluding hydrogens is 232 g/mol. The van der Waals surface area contributed by atoms with Gasteiger partial charge in [0.05, 0.1) is 13.0 Å². The maximum absolute atomic E-state index is 11.9. The second-order valence-electron chi connectivity index (χ2n) is 4.47. The number of anilines is 2. The van der Waals surface area contributed by atoms with Gasteiger partial charge >= 0.3 is 5.97 Å². The van der Waals surface area contributed by atoms with Crippen LogP contribution in [0, 0.1) is 12.8 Å². The third-order valence-electron chi connectivity index (χ3n) is 3.18. The summed E-state index contributed by atoms with van der Waals surface area (Å²) < 4.78 is 4.68. The molecule has 18 heavy (non-hydrogen) atoms. The Balaban J connectivity index is 2.27. The molecule has 1 aromatic rings. The van der Waals surface area contributed by atoms with E-state index in [4.69, 9.17) is 5.73 Å². The van der Waals surface area contributed by atoms with Gasteiger partial charge in [-0.2, -0.15) is 0 Å². The van der Waals surface area contributed by atoms with Crippen LogP contribution in [0.1, 0.15) is 12.0 Å². The lowest BCUT2D eigenvalue weighted by molar-refractivity contribution is -0.145. The lowest BCUT2D eigenvalue weighted by atomic mass is 10.1. The minimum absolute atomic E-state index is 0.0703. The number of nitrogen functional groups attached to an aromatic ring is 1. The summed E-state index contributed by atoms with van der Waals surface area (Å²) in [6.07, 6.45) is 0.195. The van der Waals surface area contributed by atoms with Gasteiger partial charge in [0.15, 0.2) is 0 Å². The van der Waals surface area contributed by atoms with Crippen molar-refractivity contribution in [1.82, 2.24) is 0 Å². The van der Waals surface area contributed by atoms with Crippen LogP contribution in [0.5, 0.6) is 0 Å². The Hall–Kier alpha value is -2.04. The van der Waals surface area contributed by atoms with E-state index in [1.165, 1.54) is 7.11 Å². The first-order chi connectivity index (χ1) is 8.52. The van der Waals surface area contributed by atoms with Gasteiger partial charge in [-0.05, 0) is 24.6 Å². The van der Waals surface area contributed by atoms with E-state index in [1.807, 2.05) is 13.0 Å². The second kappa shape index (κ2) is 4.68. The largest absolute Gasteiger partial charge is 0.469 e. The zero-order valence-corrected chi connectivity index (χ0v) is 10.5. The minimum atomic E-state index is -0.386. The quantitative estimate of drug-likeness (QED) is 0.628. The summed E-state index contributed by atoms with van der Waals surface area (Å²) in [5, 5.41) is 0. The predicted molar refractivity (Wildman–Crippen MR) is 68.1 cm³/mol. The van der Waals surface area contributed by atoms with Crippen molar-refractivity contribution < 1.29 is 14.3 Å². The maximum atomic E-state index is 11.9. The lowest BCUT2D eigenvalue weighted by Crippen LogP contribution is -2.26. The Kier molecular flexibility index (Phi) is 3.23. The first-order valence-electron chi connectivity index (χ1n) is 5.77. The van der Waals surface area contributed by atoms with E-state index in [9.17, 15) is 9.59 Å². The topological polar surface area (TPSA) is 72.6 Å². The number of hydrogen-bond donors (Lipinski definition) is 1. The Morgan fingerprint density at radius 3 is 2.89 bits per heavy atom. The molecule has 1 fully saturated rings. The SMILES string of the molecule is COC(=O)C1CC(=O)N(c2cc(N)ccc2C)C1. The fraction of sp³-hybridized carbons (Fsp3) is 0.385. The highest BCUT2D eigenvalue weighted by Gasteiger charge is 2.36. The molecule has 1 aliphatic rings. The normalized spacial score (nSPS) is 19.1. The first-order valence-corrected chi connectivity index (χ1v) is 5.77. The Bertz CT molecular complexity index is 499. The van der Waals surface area contributed by atoms with Gasteiger partial charge < -0.3 is 15.4 Å². The first kappa shape index (κ1) is 12.4. The molecule has 1 aliphatic heterocycles. The summed E-state index contributed by atoms with van der Waals surface area (Å²) in [6, 6.07) is 5.41. The second-order valence-corrected chi connectivity index (χ2v) is 4.47. The van der Waals surface area contributed by atoms with Crippen LogP contribution >= 0.6 is 0 Å². The van der Waals surface area contributed by atoms with Crippen LogP contribution in [0.4, 0.5) is 11.4 Å². The van der Waals surface area contributed by atoms with Gasteiger partial charge in [0.2, 0.25) is 5.91 Å². The average Bonchev–Trinajstić information content (AvgIpc) is 2.73. The summed E-state index contributed by atoms with van der Waals surface area (Å²) in [7, 11) is 1.33. The van der Waals surface area contributed by atoms with E-state index in [2.05, 4.69) is 4.74 Å². The van der Waals surface area contributed by atoms with E-state index < -0.39 is 0 Å². The Morgan fingerprint density at radius 1 is 1.50 bits per heavy atom. The molecule has 5 nitrogen and oxygen atoms in total. The van der Waals surface area contributed by atoms with Gasteiger partial charge in [-0.25, -0.2) is 0 Å². The monoisotopic (exact) mass is 248 g/mol. The summed E-state index contributed by atoms with van der Waals surface area (Å²) in [5.74, 6) is -0.796. The van der Waals surface area contributed by atoms with Gasteiger partial charge in [-0.15, -0.1) is 0 Å². The van der Waals surface area contributed by atoms with E-state index in [0.29, 0.717) is 12.2 Å². The average molecular weight is 248 g/mol. The number of carbonyl (C=O) groups is 2. The number of amides is 1. The van der Waals surface area contributed by atoms with Crippen LogP contribution < -0.4 is 10.6 Å². The molecule has 0 radical (unpaired) electrons. The van der Waals surface area contributed by atoms with E-state index >= 15 is 0 Å². The Labute approximate surface area is 106 Å². The highest BCUT2D eigenvalue weighted by atomic mass is 16.5. The van der Waals surface area contributed by atoms with Crippen LogP contribution in [-0.2, 0) is 14.3 Å². The number of ether oxygens (including phenoxy) is 1. The summed E-state index contributed by atoms with van der Waals surface area (Å²) in [6.45, 7) is 2.27. The summed E-state index contributed by atoms with van der Waals surface area (Å²) in [4.78, 5) is 25.0. The molecule has 1 saturated heterocycles. The molecule has 5 heteroatoms. The minimum Gasteiger partial charge on any atom is -0.469 e. The number of methoxy groups -OCH3 is 1. The number of carbonyl (C=O) groups excluding carboxylic acids is 2. The summed E-state index contributed by atoms with van der Waals surface area (Å²) in [5.41, 5.74) is 8.06. The van der Waals surface area contributed by atoms with E-state index in [-0.39, 0.29) is 24.2 Å². The number of nitrogens with zero attached hydrogens (tertiary/aromatic N) is 1. The van der Waals surface area contributed by atoms with Gasteiger partial charge in [-0.3, -0.25) is 9.59 Å². The predicted octanol–water partition coefficient (Wildman–Crippen LogP) is 1.10.